The maximum absolute atomic E-state index is 6.45. The van der Waals surface area contributed by atoms with Gasteiger partial charge in [0, 0.05) is 53.6 Å². The topological polar surface area (TPSA) is 29.3 Å². The molecule has 2 aliphatic rings. The molecule has 0 saturated carbocycles. The normalized spacial score (nSPS) is 14.9. The molecule has 0 radical (unpaired) electrons. The molecule has 8 aromatic rings. The summed E-state index contributed by atoms with van der Waals surface area (Å²) in [5, 5.41) is 4.81. The minimum Gasteiger partial charge on any atom is -0.436 e. The Hall–Kier alpha value is -5.45. The van der Waals surface area contributed by atoms with Crippen molar-refractivity contribution >= 4 is 76.0 Å². The summed E-state index contributed by atoms with van der Waals surface area (Å²) in [6.45, 7) is 4.68. The SMILES string of the molecule is CC1(C)c2ccccc2-c2cc(N(c3ccc4c(ccc5nc(C6=CC=CCC6)oc54)c3)c3ccc4c(c3)sc3ccccc34)ccc21. The highest BCUT2D eigenvalue weighted by molar-refractivity contribution is 7.25. The maximum Gasteiger partial charge on any atom is 0.223 e. The third kappa shape index (κ3) is 4.09. The molecule has 10 rings (SSSR count). The Balaban J connectivity index is 1.16. The van der Waals surface area contributed by atoms with E-state index in [4.69, 9.17) is 9.40 Å². The fourth-order valence-electron chi connectivity index (χ4n) is 7.91. The quantitative estimate of drug-likeness (QED) is 0.192. The van der Waals surface area contributed by atoms with E-state index in [0.29, 0.717) is 0 Å². The van der Waals surface area contributed by atoms with Gasteiger partial charge in [-0.2, -0.15) is 0 Å². The van der Waals surface area contributed by atoms with Crippen LogP contribution in [0.4, 0.5) is 17.1 Å². The maximum atomic E-state index is 6.45. The highest BCUT2D eigenvalue weighted by atomic mass is 32.1. The molecule has 4 heteroatoms. The number of benzene rings is 6. The summed E-state index contributed by atoms with van der Waals surface area (Å²) < 4.78 is 9.05. The van der Waals surface area contributed by atoms with E-state index in [1.165, 1.54) is 42.4 Å². The van der Waals surface area contributed by atoms with Crippen LogP contribution >= 0.6 is 11.3 Å². The summed E-state index contributed by atoms with van der Waals surface area (Å²) in [5.41, 5.74) is 11.6. The lowest BCUT2D eigenvalue weighted by Crippen LogP contribution is -2.15. The Morgan fingerprint density at radius 2 is 1.44 bits per heavy atom. The van der Waals surface area contributed by atoms with Crippen LogP contribution in [0.15, 0.2) is 138 Å². The lowest BCUT2D eigenvalue weighted by Gasteiger charge is -2.27. The monoisotopic (exact) mass is 636 g/mol. The van der Waals surface area contributed by atoms with Gasteiger partial charge in [0.25, 0.3) is 0 Å². The molecule has 0 spiro atoms. The lowest BCUT2D eigenvalue weighted by molar-refractivity contribution is 0.583. The van der Waals surface area contributed by atoms with Gasteiger partial charge in [-0.15, -0.1) is 11.3 Å². The van der Waals surface area contributed by atoms with Crippen molar-refractivity contribution in [3.05, 3.63) is 151 Å². The van der Waals surface area contributed by atoms with E-state index in [-0.39, 0.29) is 5.41 Å². The molecule has 2 aliphatic carbocycles. The zero-order valence-electron chi connectivity index (χ0n) is 26.8. The minimum atomic E-state index is -0.0422. The summed E-state index contributed by atoms with van der Waals surface area (Å²) >= 11 is 1.86. The van der Waals surface area contributed by atoms with Crippen LogP contribution in [-0.4, -0.2) is 4.98 Å². The van der Waals surface area contributed by atoms with Gasteiger partial charge in [-0.25, -0.2) is 4.98 Å². The predicted octanol–water partition coefficient (Wildman–Crippen LogP) is 12.9. The predicted molar refractivity (Wildman–Crippen MR) is 203 cm³/mol. The van der Waals surface area contributed by atoms with Crippen molar-refractivity contribution in [3.8, 4) is 11.1 Å². The van der Waals surface area contributed by atoms with E-state index >= 15 is 0 Å². The molecular formula is C44H32N2OS. The first-order chi connectivity index (χ1) is 23.5. The Bertz CT molecular complexity index is 2670. The molecule has 2 aromatic heterocycles. The average Bonchev–Trinajstić information content (AvgIpc) is 3.79. The molecule has 0 atom stereocenters. The van der Waals surface area contributed by atoms with Gasteiger partial charge in [-0.05, 0) is 95.1 Å². The van der Waals surface area contributed by atoms with Crippen molar-refractivity contribution in [2.24, 2.45) is 0 Å². The van der Waals surface area contributed by atoms with Gasteiger partial charge < -0.3 is 9.32 Å². The van der Waals surface area contributed by atoms with Crippen LogP contribution in [0, 0.1) is 0 Å². The summed E-state index contributed by atoms with van der Waals surface area (Å²) in [6, 6.07) is 42.5. The van der Waals surface area contributed by atoms with Crippen molar-refractivity contribution in [2.45, 2.75) is 32.1 Å². The second kappa shape index (κ2) is 10.3. The Kier molecular flexibility index (Phi) is 5.92. The second-order valence-electron chi connectivity index (χ2n) is 13.5. The van der Waals surface area contributed by atoms with E-state index in [1.807, 2.05) is 11.3 Å². The fraction of sp³-hybridized carbons (Fsp3) is 0.114. The molecule has 0 unspecified atom stereocenters. The van der Waals surface area contributed by atoms with E-state index < -0.39 is 0 Å². The summed E-state index contributed by atoms with van der Waals surface area (Å²) in [5.74, 6) is 0.727. The molecular weight excluding hydrogens is 605 g/mol. The Morgan fingerprint density at radius 3 is 2.33 bits per heavy atom. The molecule has 0 amide bonds. The highest BCUT2D eigenvalue weighted by Gasteiger charge is 2.35. The zero-order chi connectivity index (χ0) is 32.0. The minimum absolute atomic E-state index is 0.0422. The number of hydrogen-bond acceptors (Lipinski definition) is 4. The number of anilines is 3. The number of thiophene rings is 1. The summed E-state index contributed by atoms with van der Waals surface area (Å²) in [4.78, 5) is 7.28. The van der Waals surface area contributed by atoms with Crippen LogP contribution in [-0.2, 0) is 5.41 Å². The molecule has 6 aromatic carbocycles. The molecule has 230 valence electrons. The highest BCUT2D eigenvalue weighted by Crippen LogP contribution is 2.51. The molecule has 48 heavy (non-hydrogen) atoms. The van der Waals surface area contributed by atoms with Gasteiger partial charge >= 0.3 is 0 Å². The van der Waals surface area contributed by atoms with Crippen molar-refractivity contribution in [3.63, 3.8) is 0 Å². The zero-order valence-corrected chi connectivity index (χ0v) is 27.6. The van der Waals surface area contributed by atoms with Gasteiger partial charge in [0.2, 0.25) is 5.89 Å². The van der Waals surface area contributed by atoms with Crippen molar-refractivity contribution in [2.75, 3.05) is 4.90 Å². The smallest absolute Gasteiger partial charge is 0.223 e. The van der Waals surface area contributed by atoms with Crippen LogP contribution < -0.4 is 4.90 Å². The number of rotatable bonds is 4. The van der Waals surface area contributed by atoms with Crippen LogP contribution in [0.25, 0.3) is 58.7 Å². The number of allylic oxidation sites excluding steroid dienone is 4. The van der Waals surface area contributed by atoms with Crippen molar-refractivity contribution in [1.82, 2.24) is 4.98 Å². The van der Waals surface area contributed by atoms with E-state index in [2.05, 4.69) is 152 Å². The van der Waals surface area contributed by atoms with E-state index in [1.54, 1.807) is 0 Å². The summed E-state index contributed by atoms with van der Waals surface area (Å²) in [6.07, 6.45) is 8.38. The fourth-order valence-corrected chi connectivity index (χ4v) is 9.05. The molecule has 0 fully saturated rings. The van der Waals surface area contributed by atoms with Gasteiger partial charge in [-0.3, -0.25) is 0 Å². The average molecular weight is 637 g/mol. The van der Waals surface area contributed by atoms with E-state index in [9.17, 15) is 0 Å². The molecule has 0 bridgehead atoms. The second-order valence-corrected chi connectivity index (χ2v) is 14.6. The van der Waals surface area contributed by atoms with Gasteiger partial charge in [-0.1, -0.05) is 92.7 Å². The standard InChI is InChI=1S/C44H32N2OS/c1-44(2)37-14-8-6-12-33(37)36-25-30(19-22-38(36)44)46(31-18-21-35-34-13-7-9-15-40(34)48-41(35)26-31)29-17-20-32-28(24-29)16-23-39-42(32)47-43(45-39)27-10-4-3-5-11-27/h3-4,6-10,12-26H,5,11H2,1-2H3. The molecule has 2 heterocycles. The van der Waals surface area contributed by atoms with Crippen LogP contribution in [0.5, 0.6) is 0 Å². The third-order valence-electron chi connectivity index (χ3n) is 10.3. The number of fused-ring (bicyclic) bond motifs is 9. The Labute approximate surface area is 283 Å². The number of oxazole rings is 1. The first-order valence-electron chi connectivity index (χ1n) is 16.7. The largest absolute Gasteiger partial charge is 0.436 e. The number of hydrogen-bond donors (Lipinski definition) is 0. The molecule has 0 N–H and O–H groups in total. The van der Waals surface area contributed by atoms with Crippen LogP contribution in [0.3, 0.4) is 0 Å². The van der Waals surface area contributed by atoms with Crippen molar-refractivity contribution < 1.29 is 4.42 Å². The molecule has 0 saturated heterocycles. The summed E-state index contributed by atoms with van der Waals surface area (Å²) in [7, 11) is 0. The van der Waals surface area contributed by atoms with Gasteiger partial charge in [0.05, 0.1) is 0 Å². The van der Waals surface area contributed by atoms with Crippen molar-refractivity contribution in [1.29, 1.82) is 0 Å². The van der Waals surface area contributed by atoms with E-state index in [0.717, 1.165) is 63.2 Å². The Morgan fingerprint density at radius 1 is 0.688 bits per heavy atom. The first-order valence-corrected chi connectivity index (χ1v) is 17.5. The lowest BCUT2D eigenvalue weighted by atomic mass is 9.82. The van der Waals surface area contributed by atoms with Crippen LogP contribution in [0.1, 0.15) is 43.7 Å². The first kappa shape index (κ1) is 27.6. The number of nitrogens with zero attached hydrogens (tertiary/aromatic N) is 2. The molecule has 3 nitrogen and oxygen atoms in total. The molecule has 0 aliphatic heterocycles. The van der Waals surface area contributed by atoms with Gasteiger partial charge in [0.1, 0.15) is 5.52 Å². The van der Waals surface area contributed by atoms with Gasteiger partial charge in [0.15, 0.2) is 5.58 Å². The van der Waals surface area contributed by atoms with Crippen LogP contribution in [0.2, 0.25) is 0 Å². The number of aromatic nitrogens is 1. The third-order valence-corrected chi connectivity index (χ3v) is 11.5.